The lowest BCUT2D eigenvalue weighted by Gasteiger charge is -2.08. The zero-order chi connectivity index (χ0) is 11.6. The van der Waals surface area contributed by atoms with Gasteiger partial charge in [0.05, 0.1) is 6.20 Å². The van der Waals surface area contributed by atoms with E-state index in [0.717, 1.165) is 0 Å². The average Bonchev–Trinajstić information content (AvgIpc) is 2.48. The molecule has 1 unspecified atom stereocenters. The summed E-state index contributed by atoms with van der Waals surface area (Å²) in [5, 5.41) is 13.2. The van der Waals surface area contributed by atoms with Crippen LogP contribution in [0.2, 0.25) is 5.15 Å². The van der Waals surface area contributed by atoms with Crippen LogP contribution in [0.4, 0.5) is 0 Å². The third kappa shape index (κ3) is 2.70. The molecule has 0 saturated heterocycles. The van der Waals surface area contributed by atoms with Crippen LogP contribution >= 0.6 is 11.6 Å². The zero-order valence-corrected chi connectivity index (χ0v) is 9.40. The van der Waals surface area contributed by atoms with Gasteiger partial charge in [-0.25, -0.2) is 0 Å². The molecule has 0 saturated carbocycles. The van der Waals surface area contributed by atoms with Crippen LogP contribution in [0.1, 0.15) is 25.5 Å². The average molecular weight is 232 g/mol. The van der Waals surface area contributed by atoms with Crippen LogP contribution in [0.25, 0.3) is 0 Å². The zero-order valence-electron chi connectivity index (χ0n) is 8.64. The summed E-state index contributed by atoms with van der Waals surface area (Å²) in [6.07, 6.45) is 1.76. The van der Waals surface area contributed by atoms with Gasteiger partial charge >= 0.3 is 5.97 Å². The van der Waals surface area contributed by atoms with E-state index in [4.69, 9.17) is 22.4 Å². The summed E-state index contributed by atoms with van der Waals surface area (Å²) >= 11 is 6.02. The molecule has 15 heavy (non-hydrogen) atoms. The molecule has 0 fully saturated rings. The van der Waals surface area contributed by atoms with Gasteiger partial charge in [-0.15, -0.1) is 0 Å². The number of nitrogens with two attached hydrogens (primary N) is 1. The van der Waals surface area contributed by atoms with Crippen LogP contribution < -0.4 is 5.73 Å². The molecule has 6 heteroatoms. The molecule has 84 valence electrons. The molecule has 3 N–H and O–H groups in total. The second kappa shape index (κ2) is 4.63. The van der Waals surface area contributed by atoms with Crippen LogP contribution in [0.5, 0.6) is 0 Å². The molecular formula is C9H14ClN3O2. The molecule has 0 radical (unpaired) electrons. The van der Waals surface area contributed by atoms with E-state index < -0.39 is 12.0 Å². The summed E-state index contributed by atoms with van der Waals surface area (Å²) in [7, 11) is 0. The summed E-state index contributed by atoms with van der Waals surface area (Å²) in [6.45, 7) is 3.89. The summed E-state index contributed by atoms with van der Waals surface area (Å²) in [5.74, 6) is -1.04. The molecular weight excluding hydrogens is 218 g/mol. The highest BCUT2D eigenvalue weighted by atomic mass is 35.5. The topological polar surface area (TPSA) is 81.1 Å². The monoisotopic (exact) mass is 231 g/mol. The van der Waals surface area contributed by atoms with E-state index >= 15 is 0 Å². The maximum absolute atomic E-state index is 10.6. The molecule has 1 heterocycles. The summed E-state index contributed by atoms with van der Waals surface area (Å²) in [6, 6.07) is -0.792. The molecule has 0 aliphatic carbocycles. The third-order valence-corrected chi connectivity index (χ3v) is 2.47. The Morgan fingerprint density at radius 3 is 2.73 bits per heavy atom. The molecule has 5 nitrogen and oxygen atoms in total. The lowest BCUT2D eigenvalue weighted by molar-refractivity contribution is -0.138. The van der Waals surface area contributed by atoms with Crippen molar-refractivity contribution >= 4 is 17.6 Å². The minimum absolute atomic E-state index is 0.146. The predicted octanol–water partition coefficient (Wildman–Crippen LogP) is 1.07. The van der Waals surface area contributed by atoms with E-state index in [-0.39, 0.29) is 12.5 Å². The highest BCUT2D eigenvalue weighted by molar-refractivity contribution is 6.30. The normalized spacial score (nSPS) is 13.1. The molecule has 1 atom stereocenters. The Labute approximate surface area is 92.8 Å². The van der Waals surface area contributed by atoms with Crippen molar-refractivity contribution in [3.05, 3.63) is 16.9 Å². The number of hydrogen-bond acceptors (Lipinski definition) is 3. The van der Waals surface area contributed by atoms with Gasteiger partial charge in [-0.3, -0.25) is 9.48 Å². The lowest BCUT2D eigenvalue weighted by atomic mass is 10.1. The van der Waals surface area contributed by atoms with E-state index in [1.54, 1.807) is 10.9 Å². The first kappa shape index (κ1) is 12.0. The number of nitrogens with zero attached hydrogens (tertiary/aromatic N) is 2. The van der Waals surface area contributed by atoms with Crippen molar-refractivity contribution in [2.45, 2.75) is 32.4 Å². The summed E-state index contributed by atoms with van der Waals surface area (Å²) < 4.78 is 1.63. The summed E-state index contributed by atoms with van der Waals surface area (Å²) in [5.41, 5.74) is 6.07. The Bertz CT molecular complexity index is 362. The van der Waals surface area contributed by atoms with Gasteiger partial charge < -0.3 is 10.8 Å². The Morgan fingerprint density at radius 2 is 2.33 bits per heavy atom. The third-order valence-electron chi connectivity index (χ3n) is 2.05. The van der Waals surface area contributed by atoms with Crippen molar-refractivity contribution < 1.29 is 9.90 Å². The number of hydrogen-bond donors (Lipinski definition) is 2. The van der Waals surface area contributed by atoms with Gasteiger partial charge in [0.2, 0.25) is 0 Å². The molecule has 1 aromatic heterocycles. The Kier molecular flexibility index (Phi) is 3.71. The van der Waals surface area contributed by atoms with Gasteiger partial charge in [-0.1, -0.05) is 11.6 Å². The number of aromatic nitrogens is 2. The van der Waals surface area contributed by atoms with Gasteiger partial charge in [0.25, 0.3) is 0 Å². The van der Waals surface area contributed by atoms with Crippen molar-refractivity contribution in [3.63, 3.8) is 0 Å². The van der Waals surface area contributed by atoms with Gasteiger partial charge in [0, 0.05) is 18.0 Å². The fourth-order valence-electron chi connectivity index (χ4n) is 1.20. The van der Waals surface area contributed by atoms with Crippen molar-refractivity contribution in [1.29, 1.82) is 0 Å². The molecule has 0 spiro atoms. The Hall–Kier alpha value is -1.07. The van der Waals surface area contributed by atoms with E-state index in [9.17, 15) is 4.79 Å². The molecule has 1 aromatic rings. The van der Waals surface area contributed by atoms with Crippen LogP contribution in [0.15, 0.2) is 6.20 Å². The molecule has 0 bridgehead atoms. The first-order valence-corrected chi connectivity index (χ1v) is 5.01. The van der Waals surface area contributed by atoms with E-state index in [0.29, 0.717) is 10.7 Å². The molecule has 0 aliphatic heterocycles. The number of carbonyl (C=O) groups is 1. The standard InChI is InChI=1S/C9H14ClN3O2/c1-5(2)13-8(10)6(4-12-13)3-7(11)9(14)15/h4-5,7H,3,11H2,1-2H3,(H,14,15). The van der Waals surface area contributed by atoms with Crippen molar-refractivity contribution in [1.82, 2.24) is 9.78 Å². The second-order valence-electron chi connectivity index (χ2n) is 3.65. The highest BCUT2D eigenvalue weighted by Gasteiger charge is 2.17. The van der Waals surface area contributed by atoms with Crippen molar-refractivity contribution in [2.75, 3.05) is 0 Å². The fourth-order valence-corrected chi connectivity index (χ4v) is 1.57. The van der Waals surface area contributed by atoms with E-state index in [1.165, 1.54) is 0 Å². The largest absolute Gasteiger partial charge is 0.480 e. The quantitative estimate of drug-likeness (QED) is 0.812. The predicted molar refractivity (Wildman–Crippen MR) is 56.9 cm³/mol. The molecule has 1 rings (SSSR count). The maximum atomic E-state index is 10.6. The lowest BCUT2D eigenvalue weighted by Crippen LogP contribution is -2.32. The van der Waals surface area contributed by atoms with Gasteiger partial charge in [-0.2, -0.15) is 5.10 Å². The minimum Gasteiger partial charge on any atom is -0.480 e. The van der Waals surface area contributed by atoms with E-state index in [1.807, 2.05) is 13.8 Å². The Balaban J connectivity index is 2.83. The summed E-state index contributed by atoms with van der Waals surface area (Å²) in [4.78, 5) is 10.6. The van der Waals surface area contributed by atoms with Crippen LogP contribution in [0.3, 0.4) is 0 Å². The number of carboxylic acids is 1. The molecule has 0 aliphatic rings. The first-order chi connectivity index (χ1) is 6.93. The number of rotatable bonds is 4. The van der Waals surface area contributed by atoms with E-state index in [2.05, 4.69) is 5.10 Å². The van der Waals surface area contributed by atoms with Crippen molar-refractivity contribution in [3.8, 4) is 0 Å². The van der Waals surface area contributed by atoms with Gasteiger partial charge in [-0.05, 0) is 13.8 Å². The second-order valence-corrected chi connectivity index (χ2v) is 4.01. The smallest absolute Gasteiger partial charge is 0.320 e. The molecule has 0 amide bonds. The van der Waals surface area contributed by atoms with Crippen molar-refractivity contribution in [2.24, 2.45) is 5.73 Å². The van der Waals surface area contributed by atoms with Crippen LogP contribution in [-0.2, 0) is 11.2 Å². The first-order valence-electron chi connectivity index (χ1n) is 4.63. The van der Waals surface area contributed by atoms with Gasteiger partial charge in [0.15, 0.2) is 0 Å². The number of halogens is 1. The Morgan fingerprint density at radius 1 is 1.73 bits per heavy atom. The fraction of sp³-hybridized carbons (Fsp3) is 0.556. The SMILES string of the molecule is CC(C)n1ncc(CC(N)C(=O)O)c1Cl. The van der Waals surface area contributed by atoms with Crippen LogP contribution in [0, 0.1) is 0 Å². The maximum Gasteiger partial charge on any atom is 0.320 e. The number of aliphatic carboxylic acids is 1. The van der Waals surface area contributed by atoms with Gasteiger partial charge in [0.1, 0.15) is 11.2 Å². The molecule has 0 aromatic carbocycles. The number of carboxylic acid groups (broad SMARTS) is 1. The highest BCUT2D eigenvalue weighted by Crippen LogP contribution is 2.20. The van der Waals surface area contributed by atoms with Crippen LogP contribution in [-0.4, -0.2) is 26.9 Å². The minimum atomic E-state index is -1.04.